The fourth-order valence-electron chi connectivity index (χ4n) is 3.14. The largest absolute Gasteiger partial charge is 0.405 e. The van der Waals surface area contributed by atoms with Gasteiger partial charge >= 0.3 is 6.18 Å². The first-order valence-corrected chi connectivity index (χ1v) is 8.61. The highest BCUT2D eigenvalue weighted by Crippen LogP contribution is 2.31. The number of hydrogen-bond acceptors (Lipinski definition) is 5. The summed E-state index contributed by atoms with van der Waals surface area (Å²) >= 11 is 0. The summed E-state index contributed by atoms with van der Waals surface area (Å²) in [6.45, 7) is -1.75. The molecule has 3 heterocycles. The molecule has 1 aromatic carbocycles. The van der Waals surface area contributed by atoms with Crippen LogP contribution in [-0.2, 0) is 11.3 Å². The third kappa shape index (κ3) is 3.98. The van der Waals surface area contributed by atoms with E-state index in [1.165, 1.54) is 4.90 Å². The molecule has 1 aliphatic rings. The Labute approximate surface area is 162 Å². The number of aromatic nitrogens is 3. The van der Waals surface area contributed by atoms with Gasteiger partial charge in [0.2, 0.25) is 5.91 Å². The van der Waals surface area contributed by atoms with Gasteiger partial charge in [0.1, 0.15) is 13.1 Å². The van der Waals surface area contributed by atoms with E-state index in [2.05, 4.69) is 20.5 Å². The van der Waals surface area contributed by atoms with Gasteiger partial charge in [-0.3, -0.25) is 14.7 Å². The van der Waals surface area contributed by atoms with Crippen molar-refractivity contribution in [3.63, 3.8) is 0 Å². The van der Waals surface area contributed by atoms with E-state index in [9.17, 15) is 22.8 Å². The minimum atomic E-state index is -4.51. The molecule has 3 N–H and O–H groups in total. The number of aromatic amines is 1. The minimum Gasteiger partial charge on any atom is -0.354 e. The second-order valence-corrected chi connectivity index (χ2v) is 6.55. The molecular formula is C18H15F3N6O2. The molecular weight excluding hydrogens is 389 g/mol. The average Bonchev–Trinajstić information content (AvgIpc) is 3.24. The lowest BCUT2D eigenvalue weighted by molar-refractivity contribution is -0.138. The molecule has 8 nitrogen and oxygen atoms in total. The number of halogens is 3. The number of nitrogens with one attached hydrogen (secondary N) is 3. The van der Waals surface area contributed by atoms with Gasteiger partial charge in [0.25, 0.3) is 5.91 Å². The molecule has 0 fully saturated rings. The monoisotopic (exact) mass is 404 g/mol. The molecule has 150 valence electrons. The number of carbonyl (C=O) groups is 2. The van der Waals surface area contributed by atoms with E-state index < -0.39 is 31.1 Å². The Balaban J connectivity index is 1.50. The minimum absolute atomic E-state index is 0.141. The number of hydrogen-bond donors (Lipinski definition) is 3. The van der Waals surface area contributed by atoms with Crippen LogP contribution >= 0.6 is 0 Å². The third-order valence-electron chi connectivity index (χ3n) is 4.40. The summed E-state index contributed by atoms with van der Waals surface area (Å²) in [5, 5.41) is 12.3. The number of benzene rings is 1. The summed E-state index contributed by atoms with van der Waals surface area (Å²) < 4.78 is 36.7. The highest BCUT2D eigenvalue weighted by molar-refractivity contribution is 6.05. The molecule has 2 aromatic heterocycles. The van der Waals surface area contributed by atoms with E-state index in [4.69, 9.17) is 0 Å². The Hall–Kier alpha value is -3.63. The third-order valence-corrected chi connectivity index (χ3v) is 4.40. The lowest BCUT2D eigenvalue weighted by Gasteiger charge is -2.16. The molecule has 2 amide bonds. The number of rotatable bonds is 5. The zero-order valence-electron chi connectivity index (χ0n) is 14.9. The Morgan fingerprint density at radius 2 is 2.10 bits per heavy atom. The van der Waals surface area contributed by atoms with E-state index in [-0.39, 0.29) is 6.54 Å². The van der Waals surface area contributed by atoms with Crippen molar-refractivity contribution in [2.24, 2.45) is 0 Å². The van der Waals surface area contributed by atoms with Crippen molar-refractivity contribution < 1.29 is 22.8 Å². The summed E-state index contributed by atoms with van der Waals surface area (Å²) in [4.78, 5) is 30.0. The van der Waals surface area contributed by atoms with Crippen LogP contribution in [0.1, 0.15) is 15.9 Å². The summed E-state index contributed by atoms with van der Waals surface area (Å²) in [5.74, 6) is -1.30. The van der Waals surface area contributed by atoms with Crippen LogP contribution in [0.3, 0.4) is 0 Å². The molecule has 0 unspecified atom stereocenters. The maximum atomic E-state index is 12.8. The lowest BCUT2D eigenvalue weighted by atomic mass is 10.1. The van der Waals surface area contributed by atoms with Gasteiger partial charge in [0.05, 0.1) is 29.3 Å². The van der Waals surface area contributed by atoms with Crippen LogP contribution in [-0.4, -0.2) is 51.2 Å². The molecule has 4 rings (SSSR count). The van der Waals surface area contributed by atoms with Crippen molar-refractivity contribution in [2.45, 2.75) is 12.7 Å². The van der Waals surface area contributed by atoms with Crippen LogP contribution in [0.5, 0.6) is 0 Å². The molecule has 0 atom stereocenters. The quantitative estimate of drug-likeness (QED) is 0.606. The van der Waals surface area contributed by atoms with Gasteiger partial charge in [0.15, 0.2) is 5.65 Å². The molecule has 0 aliphatic carbocycles. The highest BCUT2D eigenvalue weighted by atomic mass is 19.4. The second kappa shape index (κ2) is 7.08. The zero-order chi connectivity index (χ0) is 20.6. The van der Waals surface area contributed by atoms with E-state index in [0.29, 0.717) is 28.1 Å². The van der Waals surface area contributed by atoms with Crippen molar-refractivity contribution in [3.05, 3.63) is 47.8 Å². The fourth-order valence-corrected chi connectivity index (χ4v) is 3.14. The first kappa shape index (κ1) is 18.7. The van der Waals surface area contributed by atoms with Crippen LogP contribution in [0, 0.1) is 0 Å². The van der Waals surface area contributed by atoms with Gasteiger partial charge in [-0.05, 0) is 17.7 Å². The standard InChI is InChI=1S/C18H15F3N6O2/c19-18(20,21)9-23-14(28)8-27-7-10-2-1-3-13(15(10)17(27)29)25-12-4-11-5-24-26-16(11)22-6-12/h1-6,25H,7-9H2,(H,23,28)(H,22,24,26). The first-order chi connectivity index (χ1) is 13.8. The van der Waals surface area contributed by atoms with Crippen molar-refractivity contribution in [1.82, 2.24) is 25.4 Å². The number of nitrogens with zero attached hydrogens (tertiary/aromatic N) is 3. The SMILES string of the molecule is O=C(CN1Cc2cccc(Nc3cnc4[nH]ncc4c3)c2C1=O)NCC(F)(F)F. The Bertz CT molecular complexity index is 1090. The Morgan fingerprint density at radius 3 is 2.90 bits per heavy atom. The second-order valence-electron chi connectivity index (χ2n) is 6.55. The van der Waals surface area contributed by atoms with Crippen LogP contribution in [0.15, 0.2) is 36.7 Å². The number of amides is 2. The molecule has 29 heavy (non-hydrogen) atoms. The van der Waals surface area contributed by atoms with E-state index >= 15 is 0 Å². The van der Waals surface area contributed by atoms with Crippen molar-refractivity contribution in [2.75, 3.05) is 18.4 Å². The van der Waals surface area contributed by atoms with Gasteiger partial charge < -0.3 is 15.5 Å². The molecule has 0 saturated heterocycles. The van der Waals surface area contributed by atoms with Crippen LogP contribution in [0.4, 0.5) is 24.5 Å². The number of carbonyl (C=O) groups excluding carboxylic acids is 2. The van der Waals surface area contributed by atoms with Gasteiger partial charge in [-0.15, -0.1) is 0 Å². The fraction of sp³-hybridized carbons (Fsp3) is 0.222. The smallest absolute Gasteiger partial charge is 0.354 e. The maximum absolute atomic E-state index is 12.8. The number of pyridine rings is 1. The van der Waals surface area contributed by atoms with Gasteiger partial charge in [0, 0.05) is 11.9 Å². The van der Waals surface area contributed by atoms with Crippen molar-refractivity contribution in [3.8, 4) is 0 Å². The Morgan fingerprint density at radius 1 is 1.28 bits per heavy atom. The summed E-state index contributed by atoms with van der Waals surface area (Å²) in [5.41, 5.74) is 2.85. The van der Waals surface area contributed by atoms with E-state index in [1.807, 2.05) is 6.07 Å². The lowest BCUT2D eigenvalue weighted by Crippen LogP contribution is -2.41. The van der Waals surface area contributed by atoms with Crippen molar-refractivity contribution >= 4 is 34.2 Å². The molecule has 1 aliphatic heterocycles. The highest BCUT2D eigenvalue weighted by Gasteiger charge is 2.32. The summed E-state index contributed by atoms with van der Waals surface area (Å²) in [7, 11) is 0. The molecule has 0 spiro atoms. The molecule has 0 saturated carbocycles. The van der Waals surface area contributed by atoms with Gasteiger partial charge in [-0.25, -0.2) is 4.98 Å². The van der Waals surface area contributed by atoms with E-state index in [0.717, 1.165) is 5.39 Å². The topological polar surface area (TPSA) is 103 Å². The predicted molar refractivity (Wildman–Crippen MR) is 97.4 cm³/mol. The number of alkyl halides is 3. The number of anilines is 2. The number of H-pyrrole nitrogens is 1. The molecule has 0 bridgehead atoms. The average molecular weight is 404 g/mol. The van der Waals surface area contributed by atoms with Crippen molar-refractivity contribution in [1.29, 1.82) is 0 Å². The van der Waals surface area contributed by atoms with Gasteiger partial charge in [-0.1, -0.05) is 12.1 Å². The van der Waals surface area contributed by atoms with Crippen LogP contribution < -0.4 is 10.6 Å². The molecule has 0 radical (unpaired) electrons. The van der Waals surface area contributed by atoms with Gasteiger partial charge in [-0.2, -0.15) is 18.3 Å². The zero-order valence-corrected chi connectivity index (χ0v) is 14.9. The van der Waals surface area contributed by atoms with Crippen LogP contribution in [0.2, 0.25) is 0 Å². The van der Waals surface area contributed by atoms with Crippen LogP contribution in [0.25, 0.3) is 11.0 Å². The number of fused-ring (bicyclic) bond motifs is 2. The molecule has 11 heteroatoms. The molecule has 3 aromatic rings. The summed E-state index contributed by atoms with van der Waals surface area (Å²) in [6.07, 6.45) is -1.30. The van der Waals surface area contributed by atoms with E-state index in [1.54, 1.807) is 35.9 Å². The normalized spacial score (nSPS) is 13.6. The maximum Gasteiger partial charge on any atom is 0.405 e. The predicted octanol–water partition coefficient (Wildman–Crippen LogP) is 2.34. The Kier molecular flexibility index (Phi) is 4.57. The summed E-state index contributed by atoms with van der Waals surface area (Å²) in [6, 6.07) is 7.02. The first-order valence-electron chi connectivity index (χ1n) is 8.61.